The van der Waals surface area contributed by atoms with Gasteiger partial charge in [-0.2, -0.15) is 0 Å². The molecule has 2 aromatic rings. The summed E-state index contributed by atoms with van der Waals surface area (Å²) in [5.74, 6) is -6.49. The summed E-state index contributed by atoms with van der Waals surface area (Å²) < 4.78 is 84.4. The predicted octanol–water partition coefficient (Wildman–Crippen LogP) is 9.91. The molecule has 0 amide bonds. The van der Waals surface area contributed by atoms with Crippen LogP contribution >= 0.6 is 11.8 Å². The standard InChI is InChI=1S/C31H39F5O2S/c1-6-10-12-20(8-3)18-37-24-17-23(26-27(32)29(34)31(36)30(35)28(26)33)25(16-22(24)14-15-39-5)38-19-21(9-4)13-11-7-2/h16-17,20-21H,6-13,18-19H2,1-5H3. The van der Waals surface area contributed by atoms with Gasteiger partial charge in [0.25, 0.3) is 0 Å². The van der Waals surface area contributed by atoms with Gasteiger partial charge in [0.05, 0.1) is 24.3 Å². The number of ether oxygens (including phenoxy) is 2. The molecule has 2 aromatic carbocycles. The number of unbranched alkanes of at least 4 members (excludes halogenated alkanes) is 2. The van der Waals surface area contributed by atoms with E-state index in [0.717, 1.165) is 51.4 Å². The van der Waals surface area contributed by atoms with Crippen LogP contribution in [0.1, 0.15) is 84.6 Å². The van der Waals surface area contributed by atoms with E-state index in [-0.39, 0.29) is 35.5 Å². The largest absolute Gasteiger partial charge is 0.493 e. The summed E-state index contributed by atoms with van der Waals surface area (Å²) in [6, 6.07) is 2.77. The Labute approximate surface area is 234 Å². The summed E-state index contributed by atoms with van der Waals surface area (Å²) in [7, 11) is 0. The SMILES string of the molecule is CCCCC(CC)COc1cc(-c2c(F)c(F)c(F)c(F)c2F)c(OCC(CC)CCCC)cc1C#CSC. The number of thioether (sulfide) groups is 1. The van der Waals surface area contributed by atoms with Crippen molar-refractivity contribution in [3.8, 4) is 33.8 Å². The third kappa shape index (κ3) is 8.79. The molecule has 0 saturated heterocycles. The van der Waals surface area contributed by atoms with Crippen molar-refractivity contribution >= 4 is 11.8 Å². The highest BCUT2D eigenvalue weighted by Gasteiger charge is 2.29. The van der Waals surface area contributed by atoms with Gasteiger partial charge in [0.1, 0.15) is 11.5 Å². The highest BCUT2D eigenvalue weighted by atomic mass is 32.2. The summed E-state index contributed by atoms with van der Waals surface area (Å²) >= 11 is 1.27. The second-order valence-electron chi connectivity index (χ2n) is 9.68. The third-order valence-corrected chi connectivity index (χ3v) is 7.19. The Morgan fingerprint density at radius 3 is 1.67 bits per heavy atom. The van der Waals surface area contributed by atoms with Gasteiger partial charge in [-0.3, -0.25) is 0 Å². The number of halogens is 5. The van der Waals surface area contributed by atoms with Crippen molar-refractivity contribution < 1.29 is 31.4 Å². The molecule has 0 spiro atoms. The number of rotatable bonds is 15. The average Bonchev–Trinajstić information content (AvgIpc) is 2.95. The van der Waals surface area contributed by atoms with Gasteiger partial charge in [-0.1, -0.05) is 83.9 Å². The second-order valence-corrected chi connectivity index (χ2v) is 10.3. The van der Waals surface area contributed by atoms with Gasteiger partial charge in [-0.05, 0) is 42.3 Å². The lowest BCUT2D eigenvalue weighted by molar-refractivity contribution is 0.228. The number of hydrogen-bond acceptors (Lipinski definition) is 3. The van der Waals surface area contributed by atoms with Crippen LogP contribution in [0, 0.1) is 52.1 Å². The van der Waals surface area contributed by atoms with E-state index in [9.17, 15) is 22.0 Å². The Kier molecular flexibility index (Phi) is 14.0. The number of benzene rings is 2. The van der Waals surface area contributed by atoms with Gasteiger partial charge < -0.3 is 9.47 Å². The highest BCUT2D eigenvalue weighted by Crippen LogP contribution is 2.41. The van der Waals surface area contributed by atoms with Crippen molar-refractivity contribution in [3.63, 3.8) is 0 Å². The van der Waals surface area contributed by atoms with Crippen LogP contribution in [0.3, 0.4) is 0 Å². The first kappa shape index (κ1) is 32.8. The fourth-order valence-electron chi connectivity index (χ4n) is 4.25. The van der Waals surface area contributed by atoms with Crippen LogP contribution in [0.15, 0.2) is 12.1 Å². The molecule has 0 bridgehead atoms. The second kappa shape index (κ2) is 16.6. The normalized spacial score (nSPS) is 12.6. The smallest absolute Gasteiger partial charge is 0.200 e. The Morgan fingerprint density at radius 1 is 0.718 bits per heavy atom. The molecule has 0 N–H and O–H groups in total. The predicted molar refractivity (Wildman–Crippen MR) is 150 cm³/mol. The lowest BCUT2D eigenvalue weighted by atomic mass is 9.98. The minimum absolute atomic E-state index is 0.0102. The van der Waals surface area contributed by atoms with Crippen LogP contribution in [0.5, 0.6) is 11.5 Å². The summed E-state index contributed by atoms with van der Waals surface area (Å²) in [5, 5.41) is 2.89. The highest BCUT2D eigenvalue weighted by molar-refractivity contribution is 8.03. The van der Waals surface area contributed by atoms with Crippen molar-refractivity contribution in [2.45, 2.75) is 79.1 Å². The van der Waals surface area contributed by atoms with Crippen LogP contribution in [-0.2, 0) is 0 Å². The third-order valence-electron chi connectivity index (χ3n) is 6.88. The van der Waals surface area contributed by atoms with Gasteiger partial charge in [0.15, 0.2) is 23.3 Å². The van der Waals surface area contributed by atoms with Crippen LogP contribution in [0.25, 0.3) is 11.1 Å². The van der Waals surface area contributed by atoms with Gasteiger partial charge in [-0.25, -0.2) is 22.0 Å². The Hall–Kier alpha value is -2.40. The van der Waals surface area contributed by atoms with Crippen LogP contribution in [-0.4, -0.2) is 19.5 Å². The van der Waals surface area contributed by atoms with Gasteiger partial charge in [0.2, 0.25) is 5.82 Å². The first-order valence-electron chi connectivity index (χ1n) is 13.7. The average molecular weight is 571 g/mol. The maximum absolute atomic E-state index is 15.0. The minimum atomic E-state index is -2.21. The molecule has 0 fully saturated rings. The molecule has 0 heterocycles. The van der Waals surface area contributed by atoms with E-state index in [2.05, 4.69) is 31.9 Å². The van der Waals surface area contributed by atoms with E-state index in [4.69, 9.17) is 9.47 Å². The lowest BCUT2D eigenvalue weighted by Crippen LogP contribution is -2.14. The monoisotopic (exact) mass is 570 g/mol. The molecule has 0 saturated carbocycles. The van der Waals surface area contributed by atoms with Crippen LogP contribution in [0.2, 0.25) is 0 Å². The zero-order valence-corrected chi connectivity index (χ0v) is 24.3. The maximum atomic E-state index is 15.0. The first-order chi connectivity index (χ1) is 18.7. The van der Waals surface area contributed by atoms with Crippen molar-refractivity contribution in [2.24, 2.45) is 11.8 Å². The van der Waals surface area contributed by atoms with Crippen molar-refractivity contribution in [2.75, 3.05) is 19.5 Å². The van der Waals surface area contributed by atoms with Crippen LogP contribution < -0.4 is 9.47 Å². The zero-order valence-electron chi connectivity index (χ0n) is 23.5. The fourth-order valence-corrected chi connectivity index (χ4v) is 4.46. The molecule has 0 radical (unpaired) electrons. The molecule has 0 aromatic heterocycles. The molecule has 0 aliphatic carbocycles. The van der Waals surface area contributed by atoms with E-state index >= 15 is 0 Å². The zero-order chi connectivity index (χ0) is 28.9. The van der Waals surface area contributed by atoms with Crippen molar-refractivity contribution in [1.82, 2.24) is 0 Å². The molecule has 2 atom stereocenters. The first-order valence-corrected chi connectivity index (χ1v) is 15.0. The Balaban J connectivity index is 2.68. The van der Waals surface area contributed by atoms with Crippen molar-refractivity contribution in [3.05, 3.63) is 46.8 Å². The fraction of sp³-hybridized carbons (Fsp3) is 0.548. The molecule has 0 aliphatic heterocycles. The van der Waals surface area contributed by atoms with E-state index < -0.39 is 34.6 Å². The van der Waals surface area contributed by atoms with E-state index in [1.54, 1.807) is 6.26 Å². The summed E-state index contributed by atoms with van der Waals surface area (Å²) in [4.78, 5) is 0. The summed E-state index contributed by atoms with van der Waals surface area (Å²) in [6.45, 7) is 8.81. The van der Waals surface area contributed by atoms with Gasteiger partial charge in [-0.15, -0.1) is 0 Å². The topological polar surface area (TPSA) is 18.5 Å². The molecule has 0 aliphatic rings. The molecule has 216 valence electrons. The van der Waals surface area contributed by atoms with Gasteiger partial charge in [0, 0.05) is 11.6 Å². The quantitative estimate of drug-likeness (QED) is 0.0919. The molecular formula is C31H39F5O2S. The van der Waals surface area contributed by atoms with E-state index in [0.29, 0.717) is 12.2 Å². The van der Waals surface area contributed by atoms with Gasteiger partial charge >= 0.3 is 0 Å². The number of hydrogen-bond donors (Lipinski definition) is 0. The minimum Gasteiger partial charge on any atom is -0.493 e. The maximum Gasteiger partial charge on any atom is 0.200 e. The summed E-state index contributed by atoms with van der Waals surface area (Å²) in [6.07, 6.45) is 9.37. The molecule has 2 nitrogen and oxygen atoms in total. The van der Waals surface area contributed by atoms with E-state index in [1.807, 2.05) is 6.92 Å². The Bertz CT molecular complexity index is 1110. The van der Waals surface area contributed by atoms with E-state index in [1.165, 1.54) is 23.9 Å². The molecule has 8 heteroatoms. The van der Waals surface area contributed by atoms with Crippen molar-refractivity contribution in [1.29, 1.82) is 0 Å². The molecule has 2 unspecified atom stereocenters. The molecular weight excluding hydrogens is 531 g/mol. The summed E-state index contributed by atoms with van der Waals surface area (Å²) in [5.41, 5.74) is -0.895. The van der Waals surface area contributed by atoms with Crippen LogP contribution in [0.4, 0.5) is 22.0 Å². The molecule has 39 heavy (non-hydrogen) atoms. The molecule has 2 rings (SSSR count). The lowest BCUT2D eigenvalue weighted by Gasteiger charge is -2.21. The Morgan fingerprint density at radius 2 is 1.21 bits per heavy atom.